The van der Waals surface area contributed by atoms with E-state index in [9.17, 15) is 4.39 Å². The lowest BCUT2D eigenvalue weighted by molar-refractivity contribution is 0.614. The summed E-state index contributed by atoms with van der Waals surface area (Å²) < 4.78 is 15.3. The number of rotatable bonds is 3. The molecule has 0 atom stereocenters. The number of aromatic nitrogens is 2. The van der Waals surface area contributed by atoms with Crippen LogP contribution in [0.2, 0.25) is 0 Å². The molecule has 3 nitrogen and oxygen atoms in total. The van der Waals surface area contributed by atoms with Gasteiger partial charge in [-0.15, -0.1) is 0 Å². The van der Waals surface area contributed by atoms with E-state index in [1.54, 1.807) is 29.4 Å². The van der Waals surface area contributed by atoms with Crippen LogP contribution in [-0.4, -0.2) is 16.6 Å². The standard InChI is InChI=1S/C11H12FN3/c1-13-7-9-2-3-11(10(12)6-9)15-5-4-14-8-15/h2-6,8,13H,7H2,1H3. The largest absolute Gasteiger partial charge is 0.316 e. The van der Waals surface area contributed by atoms with E-state index in [1.165, 1.54) is 6.07 Å². The maximum atomic E-state index is 13.7. The molecule has 1 N–H and O–H groups in total. The molecule has 4 heteroatoms. The van der Waals surface area contributed by atoms with Crippen molar-refractivity contribution in [2.45, 2.75) is 6.54 Å². The van der Waals surface area contributed by atoms with Gasteiger partial charge >= 0.3 is 0 Å². The molecule has 0 radical (unpaired) electrons. The molecule has 2 rings (SSSR count). The van der Waals surface area contributed by atoms with Crippen LogP contribution in [0.15, 0.2) is 36.9 Å². The summed E-state index contributed by atoms with van der Waals surface area (Å²) in [7, 11) is 1.84. The van der Waals surface area contributed by atoms with Gasteiger partial charge in [-0.3, -0.25) is 0 Å². The molecule has 0 aliphatic rings. The zero-order chi connectivity index (χ0) is 10.7. The van der Waals surface area contributed by atoms with Gasteiger partial charge in [-0.05, 0) is 24.7 Å². The number of benzene rings is 1. The van der Waals surface area contributed by atoms with E-state index in [0.29, 0.717) is 12.2 Å². The Kier molecular flexibility index (Phi) is 2.78. The van der Waals surface area contributed by atoms with E-state index < -0.39 is 0 Å². The van der Waals surface area contributed by atoms with Gasteiger partial charge in [0.15, 0.2) is 0 Å². The Labute approximate surface area is 87.6 Å². The molecule has 2 aromatic rings. The van der Waals surface area contributed by atoms with Crippen LogP contribution in [0.4, 0.5) is 4.39 Å². The van der Waals surface area contributed by atoms with Gasteiger partial charge in [-0.2, -0.15) is 0 Å². The van der Waals surface area contributed by atoms with Crippen LogP contribution < -0.4 is 5.32 Å². The van der Waals surface area contributed by atoms with Gasteiger partial charge < -0.3 is 9.88 Å². The Morgan fingerprint density at radius 1 is 1.47 bits per heavy atom. The highest BCUT2D eigenvalue weighted by molar-refractivity contribution is 5.36. The van der Waals surface area contributed by atoms with Crippen LogP contribution in [0.5, 0.6) is 0 Å². The van der Waals surface area contributed by atoms with Gasteiger partial charge in [0.1, 0.15) is 5.82 Å². The van der Waals surface area contributed by atoms with E-state index in [2.05, 4.69) is 10.3 Å². The summed E-state index contributed by atoms with van der Waals surface area (Å²) in [4.78, 5) is 3.88. The van der Waals surface area contributed by atoms with Crippen molar-refractivity contribution < 1.29 is 4.39 Å². The molecule has 0 fully saturated rings. The monoisotopic (exact) mass is 205 g/mol. The fourth-order valence-electron chi connectivity index (χ4n) is 1.48. The number of imidazole rings is 1. The number of nitrogens with zero attached hydrogens (tertiary/aromatic N) is 2. The molecule has 0 bridgehead atoms. The van der Waals surface area contributed by atoms with Gasteiger partial charge in [-0.1, -0.05) is 6.07 Å². The Morgan fingerprint density at radius 3 is 2.93 bits per heavy atom. The summed E-state index contributed by atoms with van der Waals surface area (Å²) in [6, 6.07) is 5.18. The average molecular weight is 205 g/mol. The Balaban J connectivity index is 2.35. The molecule has 0 saturated heterocycles. The first-order valence-corrected chi connectivity index (χ1v) is 4.72. The van der Waals surface area contributed by atoms with Crippen molar-refractivity contribution >= 4 is 0 Å². The van der Waals surface area contributed by atoms with Crippen molar-refractivity contribution in [3.05, 3.63) is 48.3 Å². The quantitative estimate of drug-likeness (QED) is 0.827. The maximum Gasteiger partial charge on any atom is 0.147 e. The molecule has 0 saturated carbocycles. The summed E-state index contributed by atoms with van der Waals surface area (Å²) in [6.07, 6.45) is 4.92. The normalized spacial score (nSPS) is 10.5. The summed E-state index contributed by atoms with van der Waals surface area (Å²) >= 11 is 0. The predicted octanol–water partition coefficient (Wildman–Crippen LogP) is 1.73. The minimum absolute atomic E-state index is 0.235. The lowest BCUT2D eigenvalue weighted by atomic mass is 10.2. The second-order valence-electron chi connectivity index (χ2n) is 3.29. The second-order valence-corrected chi connectivity index (χ2v) is 3.29. The second kappa shape index (κ2) is 4.23. The minimum Gasteiger partial charge on any atom is -0.316 e. The van der Waals surface area contributed by atoms with Crippen molar-refractivity contribution in [2.75, 3.05) is 7.05 Å². The number of hydrogen-bond donors (Lipinski definition) is 1. The molecule has 1 aromatic carbocycles. The summed E-state index contributed by atoms with van der Waals surface area (Å²) in [5, 5.41) is 2.98. The minimum atomic E-state index is -0.235. The van der Waals surface area contributed by atoms with Gasteiger partial charge in [0.2, 0.25) is 0 Å². The van der Waals surface area contributed by atoms with Crippen molar-refractivity contribution in [3.63, 3.8) is 0 Å². The predicted molar refractivity (Wildman–Crippen MR) is 56.3 cm³/mol. The van der Waals surface area contributed by atoms with E-state index >= 15 is 0 Å². The number of halogens is 1. The number of nitrogens with one attached hydrogen (secondary N) is 1. The zero-order valence-corrected chi connectivity index (χ0v) is 8.44. The molecule has 0 aliphatic carbocycles. The fraction of sp³-hybridized carbons (Fsp3) is 0.182. The molecule has 1 aromatic heterocycles. The van der Waals surface area contributed by atoms with E-state index in [-0.39, 0.29) is 5.82 Å². The third-order valence-electron chi connectivity index (χ3n) is 2.18. The topological polar surface area (TPSA) is 29.9 Å². The molecule has 1 heterocycles. The van der Waals surface area contributed by atoms with Crippen LogP contribution in [0.3, 0.4) is 0 Å². The van der Waals surface area contributed by atoms with E-state index in [1.807, 2.05) is 13.1 Å². The molecule has 0 aliphatic heterocycles. The average Bonchev–Trinajstić information content (AvgIpc) is 2.71. The Bertz CT molecular complexity index is 437. The first-order chi connectivity index (χ1) is 7.31. The van der Waals surface area contributed by atoms with Gasteiger partial charge in [0, 0.05) is 18.9 Å². The van der Waals surface area contributed by atoms with Crippen LogP contribution in [0, 0.1) is 5.82 Å². The van der Waals surface area contributed by atoms with Crippen molar-refractivity contribution in [3.8, 4) is 5.69 Å². The third kappa shape index (κ3) is 2.05. The summed E-state index contributed by atoms with van der Waals surface area (Å²) in [5.74, 6) is -0.235. The van der Waals surface area contributed by atoms with Gasteiger partial charge in [0.05, 0.1) is 12.0 Å². The van der Waals surface area contributed by atoms with Crippen molar-refractivity contribution in [2.24, 2.45) is 0 Å². The third-order valence-corrected chi connectivity index (χ3v) is 2.18. The summed E-state index contributed by atoms with van der Waals surface area (Å²) in [5.41, 5.74) is 1.45. The molecule has 0 spiro atoms. The Hall–Kier alpha value is -1.68. The SMILES string of the molecule is CNCc1ccc(-n2ccnc2)c(F)c1. The molecule has 78 valence electrons. The highest BCUT2D eigenvalue weighted by Crippen LogP contribution is 2.14. The fourth-order valence-corrected chi connectivity index (χ4v) is 1.48. The van der Waals surface area contributed by atoms with Crippen LogP contribution in [0.1, 0.15) is 5.56 Å². The lowest BCUT2D eigenvalue weighted by Gasteiger charge is -2.06. The summed E-state index contributed by atoms with van der Waals surface area (Å²) in [6.45, 7) is 0.668. The zero-order valence-electron chi connectivity index (χ0n) is 8.44. The Morgan fingerprint density at radius 2 is 2.33 bits per heavy atom. The number of hydrogen-bond acceptors (Lipinski definition) is 2. The molecular formula is C11H12FN3. The maximum absolute atomic E-state index is 13.7. The molecule has 0 unspecified atom stereocenters. The first kappa shape index (κ1) is 9.86. The van der Waals surface area contributed by atoms with Crippen LogP contribution >= 0.6 is 0 Å². The van der Waals surface area contributed by atoms with Crippen molar-refractivity contribution in [1.29, 1.82) is 0 Å². The smallest absolute Gasteiger partial charge is 0.147 e. The van der Waals surface area contributed by atoms with Crippen LogP contribution in [-0.2, 0) is 6.54 Å². The highest BCUT2D eigenvalue weighted by Gasteiger charge is 2.04. The van der Waals surface area contributed by atoms with Gasteiger partial charge in [-0.25, -0.2) is 9.37 Å². The van der Waals surface area contributed by atoms with Crippen LogP contribution in [0.25, 0.3) is 5.69 Å². The lowest BCUT2D eigenvalue weighted by Crippen LogP contribution is -2.06. The van der Waals surface area contributed by atoms with Gasteiger partial charge in [0.25, 0.3) is 0 Å². The molecule has 15 heavy (non-hydrogen) atoms. The van der Waals surface area contributed by atoms with E-state index in [4.69, 9.17) is 0 Å². The molecule has 0 amide bonds. The first-order valence-electron chi connectivity index (χ1n) is 4.72. The van der Waals surface area contributed by atoms with E-state index in [0.717, 1.165) is 5.56 Å². The van der Waals surface area contributed by atoms with Crippen molar-refractivity contribution in [1.82, 2.24) is 14.9 Å². The highest BCUT2D eigenvalue weighted by atomic mass is 19.1. The molecular weight excluding hydrogens is 193 g/mol.